The number of aryl methyl sites for hydroxylation is 2. The van der Waals surface area contributed by atoms with Crippen molar-refractivity contribution < 1.29 is 4.79 Å². The third-order valence-electron chi connectivity index (χ3n) is 10.9. The summed E-state index contributed by atoms with van der Waals surface area (Å²) in [6.07, 6.45) is 14.5. The van der Waals surface area contributed by atoms with Crippen molar-refractivity contribution in [1.29, 1.82) is 0 Å². The number of likely N-dealkylation sites (N-methyl/N-ethyl adjacent to an activating group) is 1. The Labute approximate surface area is 267 Å². The number of halogens is 1. The molecule has 7 rings (SSSR count). The number of rotatable bonds is 7. The van der Waals surface area contributed by atoms with Gasteiger partial charge in [0, 0.05) is 32.2 Å². The molecule has 43 heavy (non-hydrogen) atoms. The van der Waals surface area contributed by atoms with Crippen LogP contribution in [-0.4, -0.2) is 105 Å². The third kappa shape index (κ3) is 6.41. The standard InChI is InChI=1S/C33H45AsClN7O/c1-40-14-16-42(17-15-40)27-10-12-41(13-11-27)26-8-5-21-4-7-25(19-22(21)6-9-26)38-33-37-20-28(35)31(39-33)34-30-24-3-2-23(18-24)29(30)32(36)43/h2-4,7,19-20,23-24,26-27,29-30,34H,5-6,8-18H2,1H3,(H2,36,43)(H,37,38,39)/t23-,24+,26?,29-,30-/m1/s1. The Bertz CT molecular complexity index is 1360. The molecule has 3 N–H and O–H groups in total. The zero-order valence-corrected chi connectivity index (χ0v) is 28.1. The number of likely N-dealkylation sites (tertiary alicyclic amines) is 1. The number of hydrogen-bond acceptors (Lipinski definition) is 7. The SMILES string of the molecule is CN1CCN(C2CCN(C3CCc4ccc(Nc5ncc(Cl)c([AsH][C@H]6[C@H](C(N)=O)[C@@H]7C=C[C@H]6C7)n5)cc4CC3)CC2)CC1. The molecule has 10 heteroatoms. The van der Waals surface area contributed by atoms with Crippen molar-refractivity contribution >= 4 is 49.4 Å². The molecule has 1 aromatic heterocycles. The van der Waals surface area contributed by atoms with Gasteiger partial charge in [-0.15, -0.1) is 0 Å². The van der Waals surface area contributed by atoms with Crippen LogP contribution in [0, 0.1) is 17.8 Å². The summed E-state index contributed by atoms with van der Waals surface area (Å²) in [6.45, 7) is 7.36. The second kappa shape index (κ2) is 12.8. The van der Waals surface area contributed by atoms with Gasteiger partial charge in [0.05, 0.1) is 0 Å². The molecule has 1 amide bonds. The zero-order valence-electron chi connectivity index (χ0n) is 25.2. The second-order valence-corrected chi connectivity index (χ2v) is 16.8. The predicted molar refractivity (Wildman–Crippen MR) is 175 cm³/mol. The van der Waals surface area contributed by atoms with Crippen LogP contribution in [0.15, 0.2) is 36.5 Å². The van der Waals surface area contributed by atoms with E-state index < -0.39 is 15.8 Å². The van der Waals surface area contributed by atoms with Crippen LogP contribution in [-0.2, 0) is 17.6 Å². The van der Waals surface area contributed by atoms with E-state index in [2.05, 4.69) is 62.4 Å². The van der Waals surface area contributed by atoms with Crippen LogP contribution < -0.4 is 15.5 Å². The maximum absolute atomic E-state index is 12.2. The Hall–Kier alpha value is -1.96. The molecule has 2 aliphatic heterocycles. The number of nitrogens with two attached hydrogens (primary N) is 1. The summed E-state index contributed by atoms with van der Waals surface area (Å²) in [5.41, 5.74) is 9.76. The molecule has 230 valence electrons. The summed E-state index contributed by atoms with van der Waals surface area (Å²) in [5, 5.41) is 4.06. The molecule has 2 saturated heterocycles. The minimum atomic E-state index is -0.767. The smallest absolute Gasteiger partial charge is 0.0246 e. The first-order valence-electron chi connectivity index (χ1n) is 16.2. The number of primary amides is 1. The first kappa shape index (κ1) is 29.7. The third-order valence-corrected chi connectivity index (χ3v) is 15.2. The van der Waals surface area contributed by atoms with Crippen LogP contribution >= 0.6 is 11.6 Å². The average Bonchev–Trinajstić information content (AvgIpc) is 3.55. The Morgan fingerprint density at radius 2 is 1.65 bits per heavy atom. The molecule has 5 aliphatic rings. The van der Waals surface area contributed by atoms with Gasteiger partial charge in [0.15, 0.2) is 0 Å². The van der Waals surface area contributed by atoms with Crippen molar-refractivity contribution in [2.75, 3.05) is 51.6 Å². The molecule has 2 bridgehead atoms. The van der Waals surface area contributed by atoms with Gasteiger partial charge in [-0.2, -0.15) is 0 Å². The van der Waals surface area contributed by atoms with E-state index >= 15 is 0 Å². The van der Waals surface area contributed by atoms with Crippen LogP contribution in [0.25, 0.3) is 0 Å². The minimum Gasteiger partial charge on any atom is -0.0246 e. The van der Waals surface area contributed by atoms with E-state index in [9.17, 15) is 4.79 Å². The summed E-state index contributed by atoms with van der Waals surface area (Å²) in [5.74, 6) is 1.00. The van der Waals surface area contributed by atoms with Crippen LogP contribution in [0.2, 0.25) is 9.73 Å². The van der Waals surface area contributed by atoms with Gasteiger partial charge in [0.25, 0.3) is 0 Å². The summed E-state index contributed by atoms with van der Waals surface area (Å²) in [4.78, 5) is 29.6. The van der Waals surface area contributed by atoms with E-state index in [4.69, 9.17) is 22.3 Å². The van der Waals surface area contributed by atoms with Gasteiger partial charge >= 0.3 is 206 Å². The van der Waals surface area contributed by atoms with E-state index in [1.165, 1.54) is 76.1 Å². The molecule has 3 aliphatic carbocycles. The van der Waals surface area contributed by atoms with Crippen molar-refractivity contribution in [3.05, 3.63) is 52.7 Å². The van der Waals surface area contributed by atoms with Crippen LogP contribution in [0.5, 0.6) is 0 Å². The van der Waals surface area contributed by atoms with Crippen molar-refractivity contribution in [2.24, 2.45) is 23.5 Å². The van der Waals surface area contributed by atoms with Crippen molar-refractivity contribution in [2.45, 2.75) is 61.7 Å². The summed E-state index contributed by atoms with van der Waals surface area (Å²) < 4.78 is 1.18. The van der Waals surface area contributed by atoms with Crippen molar-refractivity contribution in [3.63, 3.8) is 0 Å². The van der Waals surface area contributed by atoms with Crippen LogP contribution in [0.3, 0.4) is 0 Å². The Morgan fingerprint density at radius 1 is 0.953 bits per heavy atom. The molecule has 3 fully saturated rings. The number of carbonyl (C=O) groups excluding carboxylic acids is 1. The number of benzene rings is 1. The number of fused-ring (bicyclic) bond motifs is 3. The number of nitrogens with one attached hydrogen (secondary N) is 1. The number of piperidine rings is 1. The van der Waals surface area contributed by atoms with Gasteiger partial charge < -0.3 is 4.90 Å². The molecule has 0 spiro atoms. The molecule has 3 heterocycles. The first-order chi connectivity index (χ1) is 20.9. The summed E-state index contributed by atoms with van der Waals surface area (Å²) >= 11 is 5.82. The average molecular weight is 666 g/mol. The molecule has 2 aromatic rings. The fourth-order valence-corrected chi connectivity index (χ4v) is 12.4. The molecule has 1 aromatic carbocycles. The summed E-state index contributed by atoms with van der Waals surface area (Å²) in [7, 11) is 2.24. The normalized spacial score (nSPS) is 30.6. The maximum atomic E-state index is 12.2. The number of hydrogen-bond donors (Lipinski definition) is 2. The van der Waals surface area contributed by atoms with E-state index in [1.807, 2.05) is 0 Å². The second-order valence-electron chi connectivity index (χ2n) is 13.4. The molecular weight excluding hydrogens is 621 g/mol. The fraction of sp³-hybridized carbons (Fsp3) is 0.606. The molecule has 8 nitrogen and oxygen atoms in total. The van der Waals surface area contributed by atoms with Gasteiger partial charge in [0.2, 0.25) is 0 Å². The van der Waals surface area contributed by atoms with E-state index in [-0.39, 0.29) is 22.4 Å². The van der Waals surface area contributed by atoms with E-state index in [1.54, 1.807) is 6.20 Å². The number of aromatic nitrogens is 2. The van der Waals surface area contributed by atoms with Gasteiger partial charge in [-0.05, 0) is 19.9 Å². The Morgan fingerprint density at radius 3 is 2.42 bits per heavy atom. The van der Waals surface area contributed by atoms with Crippen LogP contribution in [0.1, 0.15) is 43.2 Å². The van der Waals surface area contributed by atoms with E-state index in [0.29, 0.717) is 22.9 Å². The number of carbonyl (C=O) groups is 1. The van der Waals surface area contributed by atoms with Crippen molar-refractivity contribution in [3.8, 4) is 0 Å². The Balaban J connectivity index is 0.962. The molecule has 6 atom stereocenters. The van der Waals surface area contributed by atoms with E-state index in [0.717, 1.165) is 35.5 Å². The Kier molecular flexibility index (Phi) is 8.85. The number of nitrogens with zero attached hydrogens (tertiary/aromatic N) is 5. The molecular formula is C33H45AsClN7O. The van der Waals surface area contributed by atoms with Crippen molar-refractivity contribution in [1.82, 2.24) is 24.7 Å². The first-order valence-corrected chi connectivity index (χ1v) is 18.9. The van der Waals surface area contributed by atoms with Gasteiger partial charge in [-0.3, -0.25) is 4.90 Å². The topological polar surface area (TPSA) is 90.6 Å². The minimum absolute atomic E-state index is 0.0887. The number of allylic oxidation sites excluding steroid dienone is 2. The zero-order chi connectivity index (χ0) is 29.5. The van der Waals surface area contributed by atoms with Gasteiger partial charge in [0.1, 0.15) is 0 Å². The van der Waals surface area contributed by atoms with Gasteiger partial charge in [-0.1, -0.05) is 0 Å². The molecule has 0 radical (unpaired) electrons. The quantitative estimate of drug-likeness (QED) is 0.267. The number of amides is 1. The van der Waals surface area contributed by atoms with Gasteiger partial charge in [-0.25, -0.2) is 0 Å². The van der Waals surface area contributed by atoms with Crippen LogP contribution in [0.4, 0.5) is 11.6 Å². The summed E-state index contributed by atoms with van der Waals surface area (Å²) in [6, 6.07) is 8.21. The number of piperazine rings is 1. The fourth-order valence-electron chi connectivity index (χ4n) is 8.36. The predicted octanol–water partition coefficient (Wildman–Crippen LogP) is 2.99. The number of anilines is 2. The molecule has 1 saturated carbocycles. The molecule has 2 unspecified atom stereocenters. The monoisotopic (exact) mass is 665 g/mol.